The number of hydrogen-bond donors (Lipinski definition) is 5. The molecule has 14 heavy (non-hydrogen) atoms. The second kappa shape index (κ2) is 3.13. The average Bonchev–Trinajstić information content (AvgIpc) is 2.81. The highest BCUT2D eigenvalue weighted by Crippen LogP contribution is 2.47. The van der Waals surface area contributed by atoms with E-state index in [1.165, 1.54) is 0 Å². The van der Waals surface area contributed by atoms with Gasteiger partial charge in [0.05, 0.1) is 6.61 Å². The highest BCUT2D eigenvalue weighted by atomic mass is 16.6. The molecule has 0 unspecified atom stereocenters. The largest absolute Gasteiger partial charge is 0.394 e. The Bertz CT molecular complexity index is 236. The van der Waals surface area contributed by atoms with Crippen LogP contribution in [0.4, 0.5) is 0 Å². The summed E-state index contributed by atoms with van der Waals surface area (Å²) in [6, 6.07) is -0.339. The fourth-order valence-corrected chi connectivity index (χ4v) is 2.02. The molecule has 6 atom stereocenters. The maximum absolute atomic E-state index is 9.63. The fraction of sp³-hybridized carbons (Fsp3) is 1.00. The topological polar surface area (TPSA) is 116 Å². The molecule has 0 aromatic heterocycles. The van der Waals surface area contributed by atoms with E-state index in [-0.39, 0.29) is 6.04 Å². The summed E-state index contributed by atoms with van der Waals surface area (Å²) < 4.78 is 5.31. The van der Waals surface area contributed by atoms with Crippen molar-refractivity contribution in [1.29, 1.82) is 0 Å². The lowest BCUT2D eigenvalue weighted by Crippen LogP contribution is -2.61. The summed E-state index contributed by atoms with van der Waals surface area (Å²) in [6.45, 7) is -0.403. The van der Waals surface area contributed by atoms with Gasteiger partial charge in [-0.15, -0.1) is 0 Å². The third-order valence-electron chi connectivity index (χ3n) is 3.11. The van der Waals surface area contributed by atoms with E-state index in [2.05, 4.69) is 0 Å². The first-order valence-corrected chi connectivity index (χ1v) is 4.61. The van der Waals surface area contributed by atoms with E-state index in [1.54, 1.807) is 0 Å². The van der Waals surface area contributed by atoms with Gasteiger partial charge in [0.2, 0.25) is 0 Å². The zero-order chi connectivity index (χ0) is 10.5. The van der Waals surface area contributed by atoms with Crippen molar-refractivity contribution in [2.24, 2.45) is 5.73 Å². The SMILES string of the molecule is N[C@@H]1C[C@@]12O[C@H](CO)[C@H](O)[C@H](O)[C@@H]2O. The van der Waals surface area contributed by atoms with E-state index >= 15 is 0 Å². The van der Waals surface area contributed by atoms with Crippen molar-refractivity contribution < 1.29 is 25.2 Å². The van der Waals surface area contributed by atoms with Gasteiger partial charge in [0.1, 0.15) is 30.0 Å². The number of hydrogen-bond acceptors (Lipinski definition) is 6. The molecule has 0 aromatic rings. The van der Waals surface area contributed by atoms with E-state index in [9.17, 15) is 15.3 Å². The smallest absolute Gasteiger partial charge is 0.114 e. The van der Waals surface area contributed by atoms with Crippen LogP contribution in [0.25, 0.3) is 0 Å². The number of ether oxygens (including phenoxy) is 1. The molecule has 6 heteroatoms. The molecule has 2 rings (SSSR count). The maximum atomic E-state index is 9.63. The van der Waals surface area contributed by atoms with Crippen LogP contribution in [0, 0.1) is 0 Å². The maximum Gasteiger partial charge on any atom is 0.114 e. The molecule has 2 fully saturated rings. The molecule has 6 N–H and O–H groups in total. The molecule has 1 spiro atoms. The number of nitrogens with two attached hydrogens (primary N) is 1. The van der Waals surface area contributed by atoms with Crippen LogP contribution in [0.15, 0.2) is 0 Å². The van der Waals surface area contributed by atoms with Gasteiger partial charge in [-0.1, -0.05) is 0 Å². The van der Waals surface area contributed by atoms with Crippen LogP contribution < -0.4 is 5.73 Å². The second-order valence-electron chi connectivity index (χ2n) is 4.03. The van der Waals surface area contributed by atoms with E-state index in [0.717, 1.165) is 0 Å². The van der Waals surface area contributed by atoms with Crippen molar-refractivity contribution in [3.05, 3.63) is 0 Å². The van der Waals surface area contributed by atoms with Crippen molar-refractivity contribution in [3.8, 4) is 0 Å². The quantitative estimate of drug-likeness (QED) is 0.310. The normalized spacial score (nSPS) is 57.6. The van der Waals surface area contributed by atoms with Crippen molar-refractivity contribution in [2.75, 3.05) is 6.61 Å². The average molecular weight is 205 g/mol. The molecule has 0 amide bonds. The van der Waals surface area contributed by atoms with E-state index < -0.39 is 36.6 Å². The summed E-state index contributed by atoms with van der Waals surface area (Å²) in [6.07, 6.45) is -4.20. The van der Waals surface area contributed by atoms with Gasteiger partial charge in [0.25, 0.3) is 0 Å². The van der Waals surface area contributed by atoms with E-state index in [0.29, 0.717) is 6.42 Å². The van der Waals surface area contributed by atoms with Gasteiger partial charge in [-0.3, -0.25) is 0 Å². The van der Waals surface area contributed by atoms with Gasteiger partial charge in [-0.05, 0) is 6.42 Å². The third kappa shape index (κ3) is 1.19. The Balaban J connectivity index is 2.16. The summed E-state index contributed by atoms with van der Waals surface area (Å²) in [5, 5.41) is 37.4. The Hall–Kier alpha value is -0.240. The molecule has 6 nitrogen and oxygen atoms in total. The molecule has 1 aliphatic heterocycles. The molecular formula is C8H15NO5. The van der Waals surface area contributed by atoms with Crippen molar-refractivity contribution in [2.45, 2.75) is 42.5 Å². The summed E-state index contributed by atoms with van der Waals surface area (Å²) in [5.74, 6) is 0. The first-order valence-electron chi connectivity index (χ1n) is 4.61. The molecule has 1 heterocycles. The zero-order valence-corrected chi connectivity index (χ0v) is 7.58. The predicted molar refractivity (Wildman–Crippen MR) is 45.3 cm³/mol. The van der Waals surface area contributed by atoms with Gasteiger partial charge in [0, 0.05) is 6.04 Å². The van der Waals surface area contributed by atoms with Crippen LogP contribution in [0.3, 0.4) is 0 Å². The van der Waals surface area contributed by atoms with Gasteiger partial charge in [-0.25, -0.2) is 0 Å². The molecular weight excluding hydrogens is 190 g/mol. The molecule has 0 aromatic carbocycles. The minimum atomic E-state index is -1.31. The minimum Gasteiger partial charge on any atom is -0.394 e. The van der Waals surface area contributed by atoms with Gasteiger partial charge >= 0.3 is 0 Å². The van der Waals surface area contributed by atoms with Crippen LogP contribution >= 0.6 is 0 Å². The lowest BCUT2D eigenvalue weighted by molar-refractivity contribution is -0.241. The molecule has 2 aliphatic rings. The second-order valence-corrected chi connectivity index (χ2v) is 4.03. The monoisotopic (exact) mass is 205 g/mol. The van der Waals surface area contributed by atoms with E-state index in [4.69, 9.17) is 15.6 Å². The first kappa shape index (κ1) is 10.3. The Morgan fingerprint density at radius 3 is 2.29 bits per heavy atom. The fourth-order valence-electron chi connectivity index (χ4n) is 2.02. The lowest BCUT2D eigenvalue weighted by Gasteiger charge is -2.41. The molecule has 1 saturated heterocycles. The van der Waals surface area contributed by atoms with Crippen molar-refractivity contribution >= 4 is 0 Å². The standard InChI is InChI=1S/C8H15NO5/c9-4-1-8(4)7(13)6(12)5(11)3(2-10)14-8/h3-7,10-13H,1-2,9H2/t3-,4-,5+,6+,7+,8-/m1/s1. The van der Waals surface area contributed by atoms with Crippen molar-refractivity contribution in [3.63, 3.8) is 0 Å². The number of aliphatic hydroxyl groups excluding tert-OH is 4. The summed E-state index contributed by atoms with van der Waals surface area (Å²) >= 11 is 0. The predicted octanol–water partition coefficient (Wildman–Crippen LogP) is -3.07. The molecule has 0 bridgehead atoms. The van der Waals surface area contributed by atoms with Gasteiger partial charge < -0.3 is 30.9 Å². The van der Waals surface area contributed by atoms with Crippen LogP contribution in [0.5, 0.6) is 0 Å². The highest BCUT2D eigenvalue weighted by Gasteiger charge is 2.65. The Morgan fingerprint density at radius 2 is 1.86 bits per heavy atom. The first-order chi connectivity index (χ1) is 6.53. The van der Waals surface area contributed by atoms with Gasteiger partial charge in [-0.2, -0.15) is 0 Å². The molecule has 1 saturated carbocycles. The third-order valence-corrected chi connectivity index (χ3v) is 3.11. The Labute approximate surface area is 80.9 Å². The highest BCUT2D eigenvalue weighted by molar-refractivity contribution is 5.19. The lowest BCUT2D eigenvalue weighted by atomic mass is 9.93. The molecule has 0 radical (unpaired) electrons. The summed E-state index contributed by atoms with van der Waals surface area (Å²) in [4.78, 5) is 0. The summed E-state index contributed by atoms with van der Waals surface area (Å²) in [7, 11) is 0. The minimum absolute atomic E-state index is 0.339. The van der Waals surface area contributed by atoms with E-state index in [1.807, 2.05) is 0 Å². The number of aliphatic hydroxyl groups is 4. The molecule has 1 aliphatic carbocycles. The van der Waals surface area contributed by atoms with Crippen LogP contribution in [0.1, 0.15) is 6.42 Å². The Kier molecular flexibility index (Phi) is 2.30. The summed E-state index contributed by atoms with van der Waals surface area (Å²) in [5.41, 5.74) is 4.62. The zero-order valence-electron chi connectivity index (χ0n) is 7.58. The molecule has 82 valence electrons. The van der Waals surface area contributed by atoms with Crippen LogP contribution in [-0.2, 0) is 4.74 Å². The van der Waals surface area contributed by atoms with Crippen LogP contribution in [-0.4, -0.2) is 63.1 Å². The van der Waals surface area contributed by atoms with Crippen LogP contribution in [0.2, 0.25) is 0 Å². The number of rotatable bonds is 1. The Morgan fingerprint density at radius 1 is 1.29 bits per heavy atom. The van der Waals surface area contributed by atoms with Crippen molar-refractivity contribution in [1.82, 2.24) is 0 Å². The van der Waals surface area contributed by atoms with Gasteiger partial charge in [0.15, 0.2) is 0 Å².